The number of hydrogen-bond donors (Lipinski definition) is 1. The van der Waals surface area contributed by atoms with Crippen molar-refractivity contribution in [2.24, 2.45) is 5.92 Å². The Labute approximate surface area is 118 Å². The molecule has 2 aliphatic rings. The van der Waals surface area contributed by atoms with Gasteiger partial charge in [-0.3, -0.25) is 10.1 Å². The van der Waals surface area contributed by atoms with Crippen LogP contribution in [0.1, 0.15) is 35.4 Å². The number of non-ortho nitro benzene ring substituents is 1. The fourth-order valence-corrected chi connectivity index (χ4v) is 3.47. The molecule has 5 heteroatoms. The zero-order valence-corrected chi connectivity index (χ0v) is 11.7. The lowest BCUT2D eigenvalue weighted by atomic mass is 9.69. The normalized spacial score (nSPS) is 25.9. The maximum Gasteiger partial charge on any atom is 0.270 e. The molecule has 0 unspecified atom stereocenters. The number of hydrogen-bond acceptors (Lipinski definition) is 4. The smallest absolute Gasteiger partial charge is 0.270 e. The second kappa shape index (κ2) is 5.14. The molecule has 108 valence electrons. The highest BCUT2D eigenvalue weighted by Crippen LogP contribution is 2.45. The van der Waals surface area contributed by atoms with Crippen molar-refractivity contribution in [1.29, 1.82) is 0 Å². The lowest BCUT2D eigenvalue weighted by Crippen LogP contribution is -2.30. The highest BCUT2D eigenvalue weighted by molar-refractivity contribution is 5.49. The summed E-state index contributed by atoms with van der Waals surface area (Å²) in [5.74, 6) is 0.769. The summed E-state index contributed by atoms with van der Waals surface area (Å²) in [7, 11) is 2.05. The maximum absolute atomic E-state index is 11.1. The predicted molar refractivity (Wildman–Crippen MR) is 75.7 cm³/mol. The van der Waals surface area contributed by atoms with Gasteiger partial charge in [-0.25, -0.2) is 0 Å². The van der Waals surface area contributed by atoms with Gasteiger partial charge in [-0.05, 0) is 54.8 Å². The van der Waals surface area contributed by atoms with Gasteiger partial charge in [-0.1, -0.05) is 0 Å². The zero-order chi connectivity index (χ0) is 14.3. The van der Waals surface area contributed by atoms with E-state index in [9.17, 15) is 10.1 Å². The van der Waals surface area contributed by atoms with E-state index < -0.39 is 0 Å². The molecule has 5 nitrogen and oxygen atoms in total. The van der Waals surface area contributed by atoms with Crippen molar-refractivity contribution in [2.45, 2.75) is 31.7 Å². The van der Waals surface area contributed by atoms with E-state index in [1.807, 2.05) is 7.05 Å². The highest BCUT2D eigenvalue weighted by atomic mass is 16.6. The van der Waals surface area contributed by atoms with Crippen molar-refractivity contribution in [3.63, 3.8) is 0 Å². The first-order valence-corrected chi connectivity index (χ1v) is 7.18. The summed E-state index contributed by atoms with van der Waals surface area (Å²) in [6.07, 6.45) is 2.89. The molecule has 0 bridgehead atoms. The molecule has 0 radical (unpaired) electrons. The Morgan fingerprint density at radius 2 is 2.20 bits per heavy atom. The van der Waals surface area contributed by atoms with Crippen LogP contribution in [0.3, 0.4) is 0 Å². The first-order valence-electron chi connectivity index (χ1n) is 7.18. The number of aliphatic hydroxyl groups excluding tert-OH is 1. The fourth-order valence-electron chi connectivity index (χ4n) is 3.47. The van der Waals surface area contributed by atoms with Crippen LogP contribution in [0.2, 0.25) is 0 Å². The number of nitro groups is 1. The second-order valence-electron chi connectivity index (χ2n) is 6.13. The molecule has 1 N–H and O–H groups in total. The van der Waals surface area contributed by atoms with Crippen LogP contribution in [-0.4, -0.2) is 35.1 Å². The van der Waals surface area contributed by atoms with Gasteiger partial charge in [0.25, 0.3) is 5.69 Å². The van der Waals surface area contributed by atoms with E-state index in [2.05, 4.69) is 4.90 Å². The summed E-state index contributed by atoms with van der Waals surface area (Å²) < 4.78 is 0. The van der Waals surface area contributed by atoms with E-state index in [1.54, 1.807) is 12.1 Å². The third-order valence-corrected chi connectivity index (χ3v) is 4.69. The van der Waals surface area contributed by atoms with Crippen molar-refractivity contribution in [1.82, 2.24) is 4.90 Å². The van der Waals surface area contributed by atoms with Crippen LogP contribution in [0.15, 0.2) is 12.1 Å². The molecule has 1 aromatic rings. The molecular formula is C15H20N2O3. The predicted octanol–water partition coefficient (Wildman–Crippen LogP) is 2.07. The summed E-state index contributed by atoms with van der Waals surface area (Å²) in [6, 6.07) is 3.50. The topological polar surface area (TPSA) is 66.6 Å². The number of nitro benzene ring substituents is 1. The van der Waals surface area contributed by atoms with Gasteiger partial charge < -0.3 is 10.0 Å². The van der Waals surface area contributed by atoms with E-state index in [0.29, 0.717) is 11.8 Å². The molecule has 20 heavy (non-hydrogen) atoms. The maximum atomic E-state index is 11.1. The van der Waals surface area contributed by atoms with Gasteiger partial charge in [0.15, 0.2) is 0 Å². The number of aliphatic hydroxyl groups is 1. The molecule has 0 amide bonds. The van der Waals surface area contributed by atoms with Crippen molar-refractivity contribution < 1.29 is 10.0 Å². The molecule has 0 saturated heterocycles. The quantitative estimate of drug-likeness (QED) is 0.678. The SMILES string of the molecule is CN1CCc2c(cc([N+](=O)[O-])cc2C2CC(CO)C2)C1. The molecule has 1 aliphatic carbocycles. The third-order valence-electron chi connectivity index (χ3n) is 4.69. The minimum absolute atomic E-state index is 0.210. The molecule has 1 saturated carbocycles. The third kappa shape index (κ3) is 2.31. The van der Waals surface area contributed by atoms with E-state index in [4.69, 9.17) is 5.11 Å². The highest BCUT2D eigenvalue weighted by Gasteiger charge is 2.33. The Morgan fingerprint density at radius 1 is 1.45 bits per heavy atom. The standard InChI is InChI=1S/C15H20N2O3/c1-16-3-2-14-12(8-16)6-13(17(19)20)7-15(14)11-4-10(5-11)9-18/h6-7,10-11,18H,2-5,8-9H2,1H3. The molecule has 3 rings (SSSR count). The molecule has 0 atom stereocenters. The molecule has 1 fully saturated rings. The van der Waals surface area contributed by atoms with Crippen LogP contribution in [0, 0.1) is 16.0 Å². The van der Waals surface area contributed by atoms with E-state index >= 15 is 0 Å². The minimum Gasteiger partial charge on any atom is -0.396 e. The van der Waals surface area contributed by atoms with Gasteiger partial charge in [-0.2, -0.15) is 0 Å². The number of nitrogens with zero attached hydrogens (tertiary/aromatic N) is 2. The van der Waals surface area contributed by atoms with Gasteiger partial charge in [-0.15, -0.1) is 0 Å². The van der Waals surface area contributed by atoms with Crippen LogP contribution < -0.4 is 0 Å². The lowest BCUT2D eigenvalue weighted by molar-refractivity contribution is -0.385. The second-order valence-corrected chi connectivity index (χ2v) is 6.13. The Bertz CT molecular complexity index is 538. The van der Waals surface area contributed by atoms with Gasteiger partial charge >= 0.3 is 0 Å². The number of likely N-dealkylation sites (N-methyl/N-ethyl adjacent to an activating group) is 1. The van der Waals surface area contributed by atoms with Crippen molar-refractivity contribution in [2.75, 3.05) is 20.2 Å². The van der Waals surface area contributed by atoms with Crippen LogP contribution in [0.5, 0.6) is 0 Å². The average molecular weight is 276 g/mol. The Morgan fingerprint density at radius 3 is 2.85 bits per heavy atom. The molecule has 0 spiro atoms. The van der Waals surface area contributed by atoms with Gasteiger partial charge in [0.05, 0.1) is 4.92 Å². The van der Waals surface area contributed by atoms with E-state index in [-0.39, 0.29) is 17.2 Å². The summed E-state index contributed by atoms with van der Waals surface area (Å²) in [6.45, 7) is 2.03. The summed E-state index contributed by atoms with van der Waals surface area (Å²) in [4.78, 5) is 13.0. The number of rotatable bonds is 3. The van der Waals surface area contributed by atoms with Crippen LogP contribution in [-0.2, 0) is 13.0 Å². The van der Waals surface area contributed by atoms with Crippen molar-refractivity contribution >= 4 is 5.69 Å². The summed E-state index contributed by atoms with van der Waals surface area (Å²) in [5.41, 5.74) is 3.79. The Hall–Kier alpha value is -1.46. The first kappa shape index (κ1) is 13.5. The van der Waals surface area contributed by atoms with Crippen LogP contribution in [0.25, 0.3) is 0 Å². The Kier molecular flexibility index (Phi) is 3.48. The zero-order valence-electron chi connectivity index (χ0n) is 11.7. The average Bonchev–Trinajstić information content (AvgIpc) is 2.36. The van der Waals surface area contributed by atoms with Gasteiger partial charge in [0.1, 0.15) is 0 Å². The van der Waals surface area contributed by atoms with Crippen LogP contribution >= 0.6 is 0 Å². The van der Waals surface area contributed by atoms with Crippen molar-refractivity contribution in [3.05, 3.63) is 38.9 Å². The number of benzene rings is 1. The Balaban J connectivity index is 1.97. The molecule has 1 aromatic carbocycles. The molecule has 1 aliphatic heterocycles. The van der Waals surface area contributed by atoms with Gasteiger partial charge in [0.2, 0.25) is 0 Å². The lowest BCUT2D eigenvalue weighted by Gasteiger charge is -2.37. The summed E-state index contributed by atoms with van der Waals surface area (Å²) >= 11 is 0. The first-order chi connectivity index (χ1) is 9.58. The molecular weight excluding hydrogens is 256 g/mol. The largest absolute Gasteiger partial charge is 0.396 e. The van der Waals surface area contributed by atoms with Gasteiger partial charge in [0, 0.05) is 31.8 Å². The minimum atomic E-state index is -0.291. The van der Waals surface area contributed by atoms with Crippen molar-refractivity contribution in [3.8, 4) is 0 Å². The molecule has 0 aromatic heterocycles. The van der Waals surface area contributed by atoms with E-state index in [1.165, 1.54) is 5.56 Å². The van der Waals surface area contributed by atoms with E-state index in [0.717, 1.165) is 43.5 Å². The summed E-state index contributed by atoms with van der Waals surface area (Å²) in [5, 5.41) is 20.3. The molecule has 1 heterocycles. The number of fused-ring (bicyclic) bond motifs is 1. The fraction of sp³-hybridized carbons (Fsp3) is 0.600. The monoisotopic (exact) mass is 276 g/mol. The van der Waals surface area contributed by atoms with Crippen LogP contribution in [0.4, 0.5) is 5.69 Å².